The van der Waals surface area contributed by atoms with Gasteiger partial charge in [0, 0.05) is 6.92 Å². The number of nitrogens with one attached hydrogen (secondary N) is 1. The number of carboxylic acid groups (broad SMARTS) is 1. The Morgan fingerprint density at radius 2 is 1.58 bits per heavy atom. The molecule has 9 heteroatoms. The Hall–Kier alpha value is -1.26. The molecule has 5 atom stereocenters. The van der Waals surface area contributed by atoms with Crippen molar-refractivity contribution in [1.82, 2.24) is 5.32 Å². The third-order valence-electron chi connectivity index (χ3n) is 2.47. The summed E-state index contributed by atoms with van der Waals surface area (Å²) in [7, 11) is 0. The SMILES string of the molecule is CC(=O)N[C@@H]([C@@H](O)[C@H](O)[C@H](O)CO)[C@@H](O)CC(=O)O. The lowest BCUT2D eigenvalue weighted by Gasteiger charge is -2.31. The molecule has 0 saturated heterocycles. The first kappa shape index (κ1) is 17.7. The zero-order chi connectivity index (χ0) is 15.2. The second-order valence-electron chi connectivity index (χ2n) is 4.12. The number of rotatable bonds is 8. The Morgan fingerprint density at radius 3 is 1.95 bits per heavy atom. The van der Waals surface area contributed by atoms with Gasteiger partial charge in [-0.05, 0) is 0 Å². The quantitative estimate of drug-likeness (QED) is 0.239. The van der Waals surface area contributed by atoms with Crippen molar-refractivity contribution in [3.63, 3.8) is 0 Å². The molecule has 0 bridgehead atoms. The van der Waals surface area contributed by atoms with Crippen molar-refractivity contribution in [2.24, 2.45) is 0 Å². The van der Waals surface area contributed by atoms with Crippen LogP contribution in [0.25, 0.3) is 0 Å². The van der Waals surface area contributed by atoms with Crippen LogP contribution in [0, 0.1) is 0 Å². The summed E-state index contributed by atoms with van der Waals surface area (Å²) in [6.07, 6.45) is -7.84. The Labute approximate surface area is 109 Å². The topological polar surface area (TPSA) is 168 Å². The van der Waals surface area contributed by atoms with Gasteiger partial charge in [-0.1, -0.05) is 0 Å². The molecule has 0 saturated carbocycles. The van der Waals surface area contributed by atoms with E-state index in [1.54, 1.807) is 0 Å². The highest BCUT2D eigenvalue weighted by Gasteiger charge is 2.36. The zero-order valence-corrected chi connectivity index (χ0v) is 10.3. The van der Waals surface area contributed by atoms with E-state index in [2.05, 4.69) is 5.32 Å². The van der Waals surface area contributed by atoms with Crippen molar-refractivity contribution in [2.45, 2.75) is 43.8 Å². The van der Waals surface area contributed by atoms with E-state index in [0.717, 1.165) is 6.92 Å². The minimum absolute atomic E-state index is 0.667. The van der Waals surface area contributed by atoms with Crippen molar-refractivity contribution in [1.29, 1.82) is 0 Å². The van der Waals surface area contributed by atoms with Crippen molar-refractivity contribution < 1.29 is 40.2 Å². The summed E-state index contributed by atoms with van der Waals surface area (Å²) >= 11 is 0. The summed E-state index contributed by atoms with van der Waals surface area (Å²) in [4.78, 5) is 21.4. The van der Waals surface area contributed by atoms with Crippen LogP contribution in [0.4, 0.5) is 0 Å². The van der Waals surface area contributed by atoms with Crippen LogP contribution >= 0.6 is 0 Å². The van der Waals surface area contributed by atoms with E-state index < -0.39 is 55.4 Å². The first-order valence-corrected chi connectivity index (χ1v) is 5.52. The molecule has 0 aliphatic carbocycles. The molecule has 0 aromatic rings. The number of aliphatic carboxylic acids is 1. The maximum absolute atomic E-state index is 10.9. The van der Waals surface area contributed by atoms with Crippen LogP contribution in [0.1, 0.15) is 13.3 Å². The Morgan fingerprint density at radius 1 is 1.05 bits per heavy atom. The number of carbonyl (C=O) groups is 2. The van der Waals surface area contributed by atoms with Crippen molar-refractivity contribution in [2.75, 3.05) is 6.61 Å². The van der Waals surface area contributed by atoms with E-state index in [-0.39, 0.29) is 0 Å². The normalized spacial score (nSPS) is 19.1. The summed E-state index contributed by atoms with van der Waals surface area (Å²) in [5.41, 5.74) is 0. The van der Waals surface area contributed by atoms with Gasteiger partial charge in [0.1, 0.15) is 18.3 Å². The lowest BCUT2D eigenvalue weighted by atomic mass is 9.95. The number of hydrogen-bond acceptors (Lipinski definition) is 7. The van der Waals surface area contributed by atoms with E-state index in [9.17, 15) is 30.0 Å². The number of aliphatic hydroxyl groups is 5. The maximum Gasteiger partial charge on any atom is 0.306 e. The number of aliphatic hydroxyl groups excluding tert-OH is 5. The van der Waals surface area contributed by atoms with E-state index in [4.69, 9.17) is 10.2 Å². The number of hydrogen-bond donors (Lipinski definition) is 7. The molecule has 0 aromatic carbocycles. The fourth-order valence-electron chi connectivity index (χ4n) is 1.50. The fourth-order valence-corrected chi connectivity index (χ4v) is 1.50. The predicted molar refractivity (Wildman–Crippen MR) is 61.0 cm³/mol. The Balaban J connectivity index is 4.91. The molecule has 112 valence electrons. The molecular weight excluding hydrogens is 262 g/mol. The average Bonchev–Trinajstić information content (AvgIpc) is 2.31. The van der Waals surface area contributed by atoms with Crippen LogP contribution in [0.5, 0.6) is 0 Å². The molecule has 0 aromatic heterocycles. The van der Waals surface area contributed by atoms with Gasteiger partial charge in [0.25, 0.3) is 0 Å². The third-order valence-corrected chi connectivity index (χ3v) is 2.47. The average molecular weight is 281 g/mol. The molecule has 7 N–H and O–H groups in total. The Bertz CT molecular complexity index is 310. The summed E-state index contributed by atoms with van der Waals surface area (Å²) in [5, 5.41) is 57.2. The first-order valence-electron chi connectivity index (χ1n) is 5.52. The second-order valence-corrected chi connectivity index (χ2v) is 4.12. The molecule has 0 aliphatic rings. The van der Waals surface area contributed by atoms with Crippen molar-refractivity contribution in [3.8, 4) is 0 Å². The van der Waals surface area contributed by atoms with Gasteiger partial charge in [-0.25, -0.2) is 0 Å². The highest BCUT2D eigenvalue weighted by molar-refractivity contribution is 5.73. The highest BCUT2D eigenvalue weighted by Crippen LogP contribution is 2.11. The van der Waals surface area contributed by atoms with Crippen molar-refractivity contribution in [3.05, 3.63) is 0 Å². The minimum Gasteiger partial charge on any atom is -0.481 e. The van der Waals surface area contributed by atoms with Gasteiger partial charge in [-0.3, -0.25) is 9.59 Å². The molecule has 0 fully saturated rings. The van der Waals surface area contributed by atoms with Crippen molar-refractivity contribution >= 4 is 11.9 Å². The number of carboxylic acids is 1. The monoisotopic (exact) mass is 281 g/mol. The second kappa shape index (κ2) is 8.02. The molecule has 9 nitrogen and oxygen atoms in total. The lowest BCUT2D eigenvalue weighted by Crippen LogP contribution is -2.57. The number of amides is 1. The number of carbonyl (C=O) groups excluding carboxylic acids is 1. The summed E-state index contributed by atoms with van der Waals surface area (Å²) in [6.45, 7) is 0.224. The minimum atomic E-state index is -1.86. The molecule has 0 heterocycles. The molecule has 1 amide bonds. The van der Waals surface area contributed by atoms with E-state index in [1.807, 2.05) is 0 Å². The Kier molecular flexibility index (Phi) is 7.49. The van der Waals surface area contributed by atoms with Gasteiger partial charge in [0.2, 0.25) is 5.91 Å². The van der Waals surface area contributed by atoms with Gasteiger partial charge in [0.05, 0.1) is 25.2 Å². The van der Waals surface area contributed by atoms with Gasteiger partial charge in [-0.2, -0.15) is 0 Å². The van der Waals surface area contributed by atoms with Crippen LogP contribution in [-0.4, -0.2) is 79.6 Å². The summed E-state index contributed by atoms with van der Waals surface area (Å²) in [5.74, 6) is -2.04. The fraction of sp³-hybridized carbons (Fsp3) is 0.800. The standard InChI is InChI=1S/C10H19NO8/c1-4(13)11-8(5(14)2-7(16)17)10(19)9(18)6(15)3-12/h5-6,8-10,12,14-15,18-19H,2-3H2,1H3,(H,11,13)(H,16,17)/t5-,6+,8+,9+,10+/m0/s1. The molecule has 19 heavy (non-hydrogen) atoms. The molecule has 0 rings (SSSR count). The highest BCUT2D eigenvalue weighted by atomic mass is 16.4. The lowest BCUT2D eigenvalue weighted by molar-refractivity contribution is -0.143. The van der Waals surface area contributed by atoms with E-state index in [0.29, 0.717) is 0 Å². The first-order chi connectivity index (χ1) is 8.70. The van der Waals surface area contributed by atoms with Gasteiger partial charge in [-0.15, -0.1) is 0 Å². The van der Waals surface area contributed by atoms with Crippen LogP contribution in [0.3, 0.4) is 0 Å². The molecule has 0 unspecified atom stereocenters. The van der Waals surface area contributed by atoms with Gasteiger partial charge < -0.3 is 36.0 Å². The summed E-state index contributed by atoms with van der Waals surface area (Å²) < 4.78 is 0. The van der Waals surface area contributed by atoms with Gasteiger partial charge >= 0.3 is 5.97 Å². The van der Waals surface area contributed by atoms with E-state index in [1.165, 1.54) is 0 Å². The van der Waals surface area contributed by atoms with Crippen LogP contribution in [0.15, 0.2) is 0 Å². The zero-order valence-electron chi connectivity index (χ0n) is 10.3. The predicted octanol–water partition coefficient (Wildman–Crippen LogP) is -3.60. The van der Waals surface area contributed by atoms with E-state index >= 15 is 0 Å². The van der Waals surface area contributed by atoms with Crippen LogP contribution in [0.2, 0.25) is 0 Å². The molecule has 0 radical (unpaired) electrons. The maximum atomic E-state index is 10.9. The smallest absolute Gasteiger partial charge is 0.306 e. The molecular formula is C10H19NO8. The molecule has 0 spiro atoms. The molecule has 0 aliphatic heterocycles. The van der Waals surface area contributed by atoms with Gasteiger partial charge in [0.15, 0.2) is 0 Å². The third kappa shape index (κ3) is 5.94. The van der Waals surface area contributed by atoms with Crippen LogP contribution in [-0.2, 0) is 9.59 Å². The summed E-state index contributed by atoms with van der Waals surface area (Å²) in [6, 6.07) is -1.50. The van der Waals surface area contributed by atoms with Crippen LogP contribution < -0.4 is 5.32 Å². The largest absolute Gasteiger partial charge is 0.481 e.